The topological polar surface area (TPSA) is 49.9 Å². The van der Waals surface area contributed by atoms with E-state index in [4.69, 9.17) is 4.74 Å². The number of carbonyl (C=O) groups excluding carboxylic acids is 2. The fourth-order valence-electron chi connectivity index (χ4n) is 1.81. The third-order valence-electron chi connectivity index (χ3n) is 2.52. The lowest BCUT2D eigenvalue weighted by Crippen LogP contribution is -2.51. The molecule has 0 N–H and O–H groups in total. The summed E-state index contributed by atoms with van der Waals surface area (Å²) in [5, 5.41) is 0. The first-order chi connectivity index (χ1) is 6.94. The lowest BCUT2D eigenvalue weighted by molar-refractivity contribution is -0.130. The maximum atomic E-state index is 11.8. The minimum absolute atomic E-state index is 0.149. The number of imide groups is 1. The maximum Gasteiger partial charge on any atom is 0.327 e. The van der Waals surface area contributed by atoms with E-state index < -0.39 is 5.54 Å². The molecule has 1 saturated heterocycles. The fraction of sp³-hybridized carbons (Fsp3) is 0.800. The Kier molecular flexibility index (Phi) is 3.34. The van der Waals surface area contributed by atoms with Crippen molar-refractivity contribution in [1.82, 2.24) is 9.80 Å². The lowest BCUT2D eigenvalue weighted by Gasteiger charge is -2.32. The zero-order valence-electron chi connectivity index (χ0n) is 9.74. The van der Waals surface area contributed by atoms with Crippen LogP contribution in [-0.4, -0.2) is 54.1 Å². The van der Waals surface area contributed by atoms with Crippen molar-refractivity contribution in [1.29, 1.82) is 0 Å². The van der Waals surface area contributed by atoms with Crippen molar-refractivity contribution in [3.05, 3.63) is 0 Å². The second-order valence-corrected chi connectivity index (χ2v) is 4.27. The predicted molar refractivity (Wildman–Crippen MR) is 55.4 cm³/mol. The van der Waals surface area contributed by atoms with E-state index in [9.17, 15) is 9.59 Å². The molecular weight excluding hydrogens is 196 g/mol. The van der Waals surface area contributed by atoms with Crippen molar-refractivity contribution in [2.45, 2.75) is 26.3 Å². The van der Waals surface area contributed by atoms with Gasteiger partial charge in [0.05, 0.1) is 12.1 Å². The van der Waals surface area contributed by atoms with Gasteiger partial charge in [-0.05, 0) is 20.8 Å². The van der Waals surface area contributed by atoms with Gasteiger partial charge in [0.25, 0.3) is 5.91 Å². The van der Waals surface area contributed by atoms with Crippen molar-refractivity contribution in [3.8, 4) is 0 Å². The van der Waals surface area contributed by atoms with Gasteiger partial charge in [0.2, 0.25) is 0 Å². The molecule has 0 radical (unpaired) electrons. The largest absolute Gasteiger partial charge is 0.382 e. The van der Waals surface area contributed by atoms with Crippen LogP contribution in [0.1, 0.15) is 20.8 Å². The Balaban J connectivity index is 2.86. The molecule has 0 saturated carbocycles. The smallest absolute Gasteiger partial charge is 0.327 e. The van der Waals surface area contributed by atoms with Crippen LogP contribution in [0.2, 0.25) is 0 Å². The van der Waals surface area contributed by atoms with Crippen LogP contribution in [0.5, 0.6) is 0 Å². The van der Waals surface area contributed by atoms with E-state index in [1.54, 1.807) is 7.11 Å². The van der Waals surface area contributed by atoms with Gasteiger partial charge >= 0.3 is 6.03 Å². The molecule has 0 spiro atoms. The Hall–Kier alpha value is -1.10. The molecule has 86 valence electrons. The minimum Gasteiger partial charge on any atom is -0.382 e. The van der Waals surface area contributed by atoms with Gasteiger partial charge in [-0.3, -0.25) is 9.69 Å². The molecule has 5 heteroatoms. The molecule has 15 heavy (non-hydrogen) atoms. The second kappa shape index (κ2) is 4.18. The number of carbonyl (C=O) groups is 2. The summed E-state index contributed by atoms with van der Waals surface area (Å²) in [7, 11) is 1.56. The van der Waals surface area contributed by atoms with E-state index in [-0.39, 0.29) is 18.5 Å². The molecule has 0 aliphatic carbocycles. The number of ether oxygens (including phenoxy) is 1. The van der Waals surface area contributed by atoms with E-state index in [1.165, 1.54) is 9.80 Å². The van der Waals surface area contributed by atoms with Crippen LogP contribution < -0.4 is 0 Å². The first kappa shape index (κ1) is 12.0. The van der Waals surface area contributed by atoms with Crippen LogP contribution in [-0.2, 0) is 9.53 Å². The van der Waals surface area contributed by atoms with E-state index in [0.717, 1.165) is 0 Å². The second-order valence-electron chi connectivity index (χ2n) is 4.27. The Morgan fingerprint density at radius 3 is 2.40 bits per heavy atom. The van der Waals surface area contributed by atoms with Crippen LogP contribution in [0.4, 0.5) is 4.79 Å². The summed E-state index contributed by atoms with van der Waals surface area (Å²) in [6.45, 7) is 6.60. The number of methoxy groups -OCH3 is 1. The monoisotopic (exact) mass is 214 g/mol. The summed E-state index contributed by atoms with van der Waals surface area (Å²) >= 11 is 0. The number of likely N-dealkylation sites (N-methyl/N-ethyl adjacent to an activating group) is 1. The van der Waals surface area contributed by atoms with Crippen LogP contribution in [0.15, 0.2) is 0 Å². The molecule has 0 unspecified atom stereocenters. The highest BCUT2D eigenvalue weighted by atomic mass is 16.5. The average Bonchev–Trinajstić information content (AvgIpc) is 2.41. The molecule has 0 aromatic rings. The van der Waals surface area contributed by atoms with Crippen molar-refractivity contribution in [2.24, 2.45) is 0 Å². The Morgan fingerprint density at radius 2 is 2.00 bits per heavy atom. The summed E-state index contributed by atoms with van der Waals surface area (Å²) in [6.07, 6.45) is 0. The number of urea groups is 1. The van der Waals surface area contributed by atoms with Gasteiger partial charge in [-0.15, -0.1) is 0 Å². The van der Waals surface area contributed by atoms with Crippen LogP contribution in [0.3, 0.4) is 0 Å². The zero-order valence-corrected chi connectivity index (χ0v) is 9.74. The van der Waals surface area contributed by atoms with Gasteiger partial charge in [-0.2, -0.15) is 0 Å². The van der Waals surface area contributed by atoms with Gasteiger partial charge in [0, 0.05) is 13.7 Å². The van der Waals surface area contributed by atoms with Crippen molar-refractivity contribution < 1.29 is 14.3 Å². The molecule has 3 amide bonds. The van der Waals surface area contributed by atoms with E-state index >= 15 is 0 Å². The summed E-state index contributed by atoms with van der Waals surface area (Å²) in [5.74, 6) is -0.149. The molecule has 1 heterocycles. The summed E-state index contributed by atoms with van der Waals surface area (Å²) in [4.78, 5) is 26.3. The number of rotatable bonds is 4. The molecule has 1 aliphatic heterocycles. The lowest BCUT2D eigenvalue weighted by atomic mass is 10.1. The van der Waals surface area contributed by atoms with Crippen LogP contribution in [0.25, 0.3) is 0 Å². The molecule has 1 fully saturated rings. The SMILES string of the molecule is CCN1CC(=O)N(C(C)(C)COC)C1=O. The van der Waals surface area contributed by atoms with Gasteiger partial charge in [-0.1, -0.05) is 0 Å². The fourth-order valence-corrected chi connectivity index (χ4v) is 1.81. The predicted octanol–water partition coefficient (Wildman–Crippen LogP) is 0.695. The van der Waals surface area contributed by atoms with Crippen molar-refractivity contribution >= 4 is 11.9 Å². The first-order valence-corrected chi connectivity index (χ1v) is 5.05. The van der Waals surface area contributed by atoms with E-state index in [0.29, 0.717) is 13.2 Å². The van der Waals surface area contributed by atoms with E-state index in [2.05, 4.69) is 0 Å². The van der Waals surface area contributed by atoms with Crippen LogP contribution >= 0.6 is 0 Å². The molecule has 0 aromatic heterocycles. The average molecular weight is 214 g/mol. The first-order valence-electron chi connectivity index (χ1n) is 5.05. The zero-order chi connectivity index (χ0) is 11.6. The number of amides is 3. The highest BCUT2D eigenvalue weighted by molar-refractivity contribution is 6.02. The summed E-state index contributed by atoms with van der Waals surface area (Å²) < 4.78 is 5.02. The van der Waals surface area contributed by atoms with Crippen molar-refractivity contribution in [2.75, 3.05) is 26.8 Å². The van der Waals surface area contributed by atoms with Gasteiger partial charge < -0.3 is 9.64 Å². The highest BCUT2D eigenvalue weighted by Gasteiger charge is 2.43. The minimum atomic E-state index is -0.577. The van der Waals surface area contributed by atoms with Gasteiger partial charge in [-0.25, -0.2) is 4.79 Å². The summed E-state index contributed by atoms with van der Waals surface area (Å²) in [6, 6.07) is -0.218. The third kappa shape index (κ3) is 2.12. The van der Waals surface area contributed by atoms with Gasteiger partial charge in [0.15, 0.2) is 0 Å². The number of nitrogens with zero attached hydrogens (tertiary/aromatic N) is 2. The van der Waals surface area contributed by atoms with Gasteiger partial charge in [0.1, 0.15) is 6.54 Å². The molecule has 0 bridgehead atoms. The summed E-state index contributed by atoms with van der Waals surface area (Å²) in [5.41, 5.74) is -0.577. The highest BCUT2D eigenvalue weighted by Crippen LogP contribution is 2.22. The third-order valence-corrected chi connectivity index (χ3v) is 2.52. The maximum absolute atomic E-state index is 11.8. The number of hydrogen-bond donors (Lipinski definition) is 0. The quantitative estimate of drug-likeness (QED) is 0.647. The molecule has 0 atom stereocenters. The Labute approximate surface area is 90.0 Å². The Bertz CT molecular complexity index is 276. The van der Waals surface area contributed by atoms with E-state index in [1.807, 2.05) is 20.8 Å². The molecular formula is C10H18N2O3. The van der Waals surface area contributed by atoms with Crippen molar-refractivity contribution in [3.63, 3.8) is 0 Å². The number of hydrogen-bond acceptors (Lipinski definition) is 3. The molecule has 1 aliphatic rings. The van der Waals surface area contributed by atoms with Crippen LogP contribution in [0, 0.1) is 0 Å². The molecule has 5 nitrogen and oxygen atoms in total. The molecule has 1 rings (SSSR count). The normalized spacial score (nSPS) is 17.9. The standard InChI is InChI=1S/C10H18N2O3/c1-5-11-6-8(13)12(9(11)14)10(2,3)7-15-4/h5-7H2,1-4H3. The Morgan fingerprint density at radius 1 is 1.40 bits per heavy atom. The molecule has 0 aromatic carbocycles.